The molecule has 0 aliphatic rings. The summed E-state index contributed by atoms with van der Waals surface area (Å²) in [7, 11) is 0. The third-order valence-electron chi connectivity index (χ3n) is 4.91. The number of phenolic OH excluding ortho intramolecular Hbond substituents is 1. The molecule has 3 aromatic rings. The Hall–Kier alpha value is -3.48. The molecule has 174 valence electrons. The third kappa shape index (κ3) is 6.06. The zero-order chi connectivity index (χ0) is 24.2. The number of hydrogen-bond donors (Lipinski definition) is 1. The van der Waals surface area contributed by atoms with Crippen LogP contribution in [0.4, 0.5) is 18.9 Å². The van der Waals surface area contributed by atoms with Crippen molar-refractivity contribution < 1.29 is 27.8 Å². The summed E-state index contributed by atoms with van der Waals surface area (Å²) < 4.78 is 51.1. The van der Waals surface area contributed by atoms with Crippen LogP contribution in [0.3, 0.4) is 0 Å². The van der Waals surface area contributed by atoms with E-state index in [-0.39, 0.29) is 28.4 Å². The van der Waals surface area contributed by atoms with Gasteiger partial charge in [-0.2, -0.15) is 13.2 Å². The minimum atomic E-state index is -4.53. The minimum Gasteiger partial charge on any atom is -0.504 e. The number of halogens is 3. The summed E-state index contributed by atoms with van der Waals surface area (Å²) in [6.45, 7) is 8.39. The molecular weight excluding hydrogens is 431 g/mol. The van der Waals surface area contributed by atoms with Crippen molar-refractivity contribution in [2.24, 2.45) is 4.99 Å². The lowest BCUT2D eigenvalue weighted by Crippen LogP contribution is -2.10. The summed E-state index contributed by atoms with van der Waals surface area (Å²) >= 11 is 0. The lowest BCUT2D eigenvalue weighted by Gasteiger charge is -2.19. The van der Waals surface area contributed by atoms with Gasteiger partial charge >= 0.3 is 6.18 Å². The van der Waals surface area contributed by atoms with Crippen molar-refractivity contribution in [2.75, 3.05) is 6.61 Å². The van der Waals surface area contributed by atoms with Crippen LogP contribution in [0.15, 0.2) is 65.7 Å². The first kappa shape index (κ1) is 24.2. The highest BCUT2D eigenvalue weighted by Gasteiger charge is 2.31. The summed E-state index contributed by atoms with van der Waals surface area (Å²) in [6.07, 6.45) is -3.25. The van der Waals surface area contributed by atoms with Crippen molar-refractivity contribution in [1.29, 1.82) is 0 Å². The van der Waals surface area contributed by atoms with Crippen molar-refractivity contribution in [3.8, 4) is 23.0 Å². The predicted octanol–water partition coefficient (Wildman–Crippen LogP) is 7.65. The van der Waals surface area contributed by atoms with E-state index in [1.807, 2.05) is 12.1 Å². The molecule has 3 aromatic carbocycles. The van der Waals surface area contributed by atoms with Crippen LogP contribution in [0.25, 0.3) is 0 Å². The van der Waals surface area contributed by atoms with Crippen LogP contribution in [0.1, 0.15) is 44.4 Å². The summed E-state index contributed by atoms with van der Waals surface area (Å²) in [6, 6.07) is 15.3. The van der Waals surface area contributed by atoms with Crippen molar-refractivity contribution in [3.63, 3.8) is 0 Å². The van der Waals surface area contributed by atoms with Gasteiger partial charge in [-0.1, -0.05) is 39.0 Å². The molecule has 0 spiro atoms. The van der Waals surface area contributed by atoms with Gasteiger partial charge in [0, 0.05) is 11.8 Å². The molecule has 0 saturated carbocycles. The van der Waals surface area contributed by atoms with Gasteiger partial charge in [0.1, 0.15) is 11.4 Å². The number of ether oxygens (including phenoxy) is 2. The molecule has 0 radical (unpaired) electrons. The van der Waals surface area contributed by atoms with Gasteiger partial charge in [-0.3, -0.25) is 4.99 Å². The van der Waals surface area contributed by atoms with Gasteiger partial charge in [0.05, 0.1) is 12.2 Å². The van der Waals surface area contributed by atoms with E-state index in [1.165, 1.54) is 12.3 Å². The zero-order valence-electron chi connectivity index (χ0n) is 18.9. The number of nitrogens with zero attached hydrogens (tertiary/aromatic N) is 1. The fraction of sp³-hybridized carbons (Fsp3) is 0.269. The lowest BCUT2D eigenvalue weighted by molar-refractivity contribution is -0.137. The summed E-state index contributed by atoms with van der Waals surface area (Å²) in [5.41, 5.74) is 0.493. The normalized spacial score (nSPS) is 12.2. The Balaban J connectivity index is 1.97. The minimum absolute atomic E-state index is 0.0223. The molecule has 0 fully saturated rings. The number of rotatable bonds is 6. The molecule has 0 aliphatic heterocycles. The second kappa shape index (κ2) is 9.57. The second-order valence-electron chi connectivity index (χ2n) is 8.44. The second-order valence-corrected chi connectivity index (χ2v) is 8.44. The molecule has 0 saturated heterocycles. The van der Waals surface area contributed by atoms with Gasteiger partial charge in [-0.05, 0) is 60.4 Å². The van der Waals surface area contributed by atoms with Gasteiger partial charge in [0.25, 0.3) is 0 Å². The molecule has 0 amide bonds. The lowest BCUT2D eigenvalue weighted by atomic mass is 9.87. The first-order valence-electron chi connectivity index (χ1n) is 10.5. The third-order valence-corrected chi connectivity index (χ3v) is 4.91. The Morgan fingerprint density at radius 3 is 2.18 bits per heavy atom. The van der Waals surface area contributed by atoms with Crippen molar-refractivity contribution >= 4 is 11.9 Å². The Bertz CT molecular complexity index is 1130. The molecule has 0 bridgehead atoms. The molecule has 3 rings (SSSR count). The largest absolute Gasteiger partial charge is 0.504 e. The smallest absolute Gasteiger partial charge is 0.416 e. The number of phenols is 1. The summed E-state index contributed by atoms with van der Waals surface area (Å²) in [5, 5.41) is 10.4. The van der Waals surface area contributed by atoms with Gasteiger partial charge in [-0.15, -0.1) is 0 Å². The Morgan fingerprint density at radius 1 is 0.909 bits per heavy atom. The number of hydrogen-bond acceptors (Lipinski definition) is 4. The van der Waals surface area contributed by atoms with Gasteiger partial charge < -0.3 is 14.6 Å². The highest BCUT2D eigenvalue weighted by molar-refractivity contribution is 5.87. The molecule has 1 N–H and O–H groups in total. The Kier molecular flexibility index (Phi) is 7.01. The fourth-order valence-electron chi connectivity index (χ4n) is 3.09. The number of aromatic hydroxyl groups is 1. The van der Waals surface area contributed by atoms with E-state index in [1.54, 1.807) is 37.3 Å². The van der Waals surface area contributed by atoms with Crippen LogP contribution in [-0.2, 0) is 11.6 Å². The predicted molar refractivity (Wildman–Crippen MR) is 123 cm³/mol. The highest BCUT2D eigenvalue weighted by Crippen LogP contribution is 2.39. The van der Waals surface area contributed by atoms with Crippen LogP contribution in [0.5, 0.6) is 23.0 Å². The summed E-state index contributed by atoms with van der Waals surface area (Å²) in [4.78, 5) is 4.20. The molecule has 7 heteroatoms. The maximum atomic E-state index is 13.3. The maximum Gasteiger partial charge on any atom is 0.416 e. The first-order valence-corrected chi connectivity index (χ1v) is 10.5. The van der Waals surface area contributed by atoms with E-state index in [9.17, 15) is 18.3 Å². The van der Waals surface area contributed by atoms with Crippen LogP contribution in [0, 0.1) is 0 Å². The van der Waals surface area contributed by atoms with Crippen molar-refractivity contribution in [1.82, 2.24) is 0 Å². The monoisotopic (exact) mass is 457 g/mol. The van der Waals surface area contributed by atoms with Gasteiger partial charge in [0.15, 0.2) is 17.2 Å². The van der Waals surface area contributed by atoms with Crippen LogP contribution in [0.2, 0.25) is 0 Å². The average Bonchev–Trinajstić information content (AvgIpc) is 2.74. The zero-order valence-corrected chi connectivity index (χ0v) is 18.9. The molecule has 0 unspecified atom stereocenters. The molecule has 33 heavy (non-hydrogen) atoms. The number of alkyl halides is 3. The van der Waals surface area contributed by atoms with Crippen molar-refractivity contribution in [2.45, 2.75) is 39.3 Å². The standard InChI is InChI=1S/C26H26F3NO3/c1-5-32-23-8-6-7-17(24(23)31)16-30-21-15-19(26(27,28)29)11-14-22(21)33-20-12-9-18(10-13-20)25(2,3)4/h6-16,31H,5H2,1-4H3. The molecular formula is C26H26F3NO3. The van der Waals surface area contributed by atoms with Crippen LogP contribution < -0.4 is 9.47 Å². The topological polar surface area (TPSA) is 51.0 Å². The van der Waals surface area contributed by atoms with Gasteiger partial charge in [0.2, 0.25) is 0 Å². The fourth-order valence-corrected chi connectivity index (χ4v) is 3.09. The molecule has 4 nitrogen and oxygen atoms in total. The summed E-state index contributed by atoms with van der Waals surface area (Å²) in [5.74, 6) is 0.750. The molecule has 0 heterocycles. The highest BCUT2D eigenvalue weighted by atomic mass is 19.4. The van der Waals surface area contributed by atoms with E-state index in [0.29, 0.717) is 17.9 Å². The number of aliphatic imine (C=N–C) groups is 1. The quantitative estimate of drug-likeness (QED) is 0.387. The molecule has 0 aromatic heterocycles. The Labute approximate surface area is 191 Å². The molecule has 0 aliphatic carbocycles. The Morgan fingerprint density at radius 2 is 1.58 bits per heavy atom. The van der Waals surface area contributed by atoms with Crippen LogP contribution in [-0.4, -0.2) is 17.9 Å². The van der Waals surface area contributed by atoms with Crippen LogP contribution >= 0.6 is 0 Å². The van der Waals surface area contributed by atoms with E-state index >= 15 is 0 Å². The average molecular weight is 457 g/mol. The van der Waals surface area contributed by atoms with Gasteiger partial charge in [-0.25, -0.2) is 0 Å². The maximum absolute atomic E-state index is 13.3. The van der Waals surface area contributed by atoms with Crippen molar-refractivity contribution in [3.05, 3.63) is 77.4 Å². The number of para-hydroxylation sites is 1. The van der Waals surface area contributed by atoms with E-state index in [2.05, 4.69) is 25.8 Å². The molecule has 0 atom stereocenters. The first-order chi connectivity index (χ1) is 15.5. The SMILES string of the molecule is CCOc1cccc(C=Nc2cc(C(F)(F)F)ccc2Oc2ccc(C(C)(C)C)cc2)c1O. The number of benzene rings is 3. The van der Waals surface area contributed by atoms with E-state index < -0.39 is 11.7 Å². The van der Waals surface area contributed by atoms with E-state index in [4.69, 9.17) is 9.47 Å². The van der Waals surface area contributed by atoms with E-state index in [0.717, 1.165) is 17.7 Å².